The van der Waals surface area contributed by atoms with Crippen LogP contribution >= 0.6 is 34.4 Å². The second-order valence-electron chi connectivity index (χ2n) is 4.53. The van der Waals surface area contributed by atoms with Crippen LogP contribution in [0.1, 0.15) is 5.69 Å². The van der Waals surface area contributed by atoms with Crippen LogP contribution in [0.4, 0.5) is 5.82 Å². The summed E-state index contributed by atoms with van der Waals surface area (Å²) in [6, 6.07) is 3.77. The fraction of sp³-hybridized carbons (Fsp3) is 0.143. The van der Waals surface area contributed by atoms with Gasteiger partial charge in [0.2, 0.25) is 0 Å². The third-order valence-corrected chi connectivity index (χ3v) is 6.01. The van der Waals surface area contributed by atoms with Gasteiger partial charge in [0, 0.05) is 5.38 Å². The number of aromatic nitrogens is 4. The molecule has 0 aromatic carbocycles. The number of thioether (sulfide) groups is 1. The largest absolute Gasteiger partial charge is 0.462 e. The van der Waals surface area contributed by atoms with E-state index < -0.39 is 0 Å². The molecule has 0 aliphatic heterocycles. The third-order valence-electron chi connectivity index (χ3n) is 3.07. The average molecular weight is 361 g/mol. The second-order valence-corrected chi connectivity index (χ2v) is 7.44. The Kier molecular flexibility index (Phi) is 3.98. The molecule has 0 unspecified atom stereocenters. The smallest absolute Gasteiger partial charge is 0.176 e. The summed E-state index contributed by atoms with van der Waals surface area (Å²) in [6.45, 7) is 0.593. The monoisotopic (exact) mass is 361 g/mol. The Labute approximate surface area is 144 Å². The summed E-state index contributed by atoms with van der Waals surface area (Å²) in [4.78, 5) is 17.6. The highest BCUT2D eigenvalue weighted by Gasteiger charge is 2.11. The number of fused-ring (bicyclic) bond motifs is 1. The average Bonchev–Trinajstić information content (AvgIpc) is 3.31. The molecule has 0 radical (unpaired) electrons. The Hall–Kier alpha value is -1.97. The van der Waals surface area contributed by atoms with E-state index in [-0.39, 0.29) is 0 Å². The van der Waals surface area contributed by atoms with Crippen molar-refractivity contribution in [2.75, 3.05) is 11.6 Å². The summed E-state index contributed by atoms with van der Waals surface area (Å²) >= 11 is 4.77. The van der Waals surface area contributed by atoms with Gasteiger partial charge in [0.25, 0.3) is 0 Å². The maximum absolute atomic E-state index is 5.37. The lowest BCUT2D eigenvalue weighted by molar-refractivity contribution is 0.581. The van der Waals surface area contributed by atoms with Crippen molar-refractivity contribution in [3.05, 3.63) is 35.8 Å². The quantitative estimate of drug-likeness (QED) is 0.535. The maximum Gasteiger partial charge on any atom is 0.176 e. The molecule has 116 valence electrons. The zero-order chi connectivity index (χ0) is 15.6. The Bertz CT molecular complexity index is 931. The first-order valence-corrected chi connectivity index (χ1v) is 9.63. The summed E-state index contributed by atoms with van der Waals surface area (Å²) in [5, 5.41) is 6.22. The van der Waals surface area contributed by atoms with Gasteiger partial charge in [-0.15, -0.1) is 22.7 Å². The minimum atomic E-state index is 0.593. The van der Waals surface area contributed by atoms with Crippen molar-refractivity contribution in [3.63, 3.8) is 0 Å². The van der Waals surface area contributed by atoms with Gasteiger partial charge in [0.15, 0.2) is 20.8 Å². The minimum Gasteiger partial charge on any atom is -0.462 e. The van der Waals surface area contributed by atoms with Crippen molar-refractivity contribution in [2.24, 2.45) is 0 Å². The zero-order valence-corrected chi connectivity index (χ0v) is 14.5. The molecule has 4 aromatic rings. The molecular formula is C14H11N5OS3. The highest BCUT2D eigenvalue weighted by Crippen LogP contribution is 2.31. The van der Waals surface area contributed by atoms with Crippen molar-refractivity contribution in [1.82, 2.24) is 19.9 Å². The molecule has 0 spiro atoms. The van der Waals surface area contributed by atoms with Gasteiger partial charge in [-0.2, -0.15) is 0 Å². The lowest BCUT2D eigenvalue weighted by Gasteiger charge is -2.03. The predicted molar refractivity (Wildman–Crippen MR) is 94.1 cm³/mol. The van der Waals surface area contributed by atoms with Crippen LogP contribution in [-0.2, 0) is 6.54 Å². The first-order valence-electron chi connectivity index (χ1n) is 6.71. The van der Waals surface area contributed by atoms with Gasteiger partial charge in [-0.3, -0.25) is 0 Å². The fourth-order valence-corrected chi connectivity index (χ4v) is 4.29. The van der Waals surface area contributed by atoms with E-state index in [1.165, 1.54) is 6.33 Å². The van der Waals surface area contributed by atoms with Crippen LogP contribution in [0.15, 0.2) is 38.9 Å². The fourth-order valence-electron chi connectivity index (χ4n) is 2.02. The number of nitrogens with zero attached hydrogens (tertiary/aromatic N) is 4. The van der Waals surface area contributed by atoms with Crippen LogP contribution < -0.4 is 5.32 Å². The molecule has 0 amide bonds. The number of hydrogen-bond donors (Lipinski definition) is 1. The molecule has 0 saturated heterocycles. The minimum absolute atomic E-state index is 0.593. The van der Waals surface area contributed by atoms with Gasteiger partial charge >= 0.3 is 0 Å². The number of nitrogens with one attached hydrogen (secondary N) is 1. The van der Waals surface area contributed by atoms with E-state index in [1.807, 2.05) is 23.8 Å². The number of anilines is 1. The van der Waals surface area contributed by atoms with Crippen LogP contribution in [0.3, 0.4) is 0 Å². The molecule has 0 fully saturated rings. The van der Waals surface area contributed by atoms with Crippen LogP contribution in [0.2, 0.25) is 0 Å². The first kappa shape index (κ1) is 14.6. The van der Waals surface area contributed by atoms with Crippen molar-refractivity contribution in [3.8, 4) is 10.8 Å². The normalized spacial score (nSPS) is 11.2. The van der Waals surface area contributed by atoms with Crippen molar-refractivity contribution in [2.45, 2.75) is 10.9 Å². The van der Waals surface area contributed by atoms with E-state index in [9.17, 15) is 0 Å². The van der Waals surface area contributed by atoms with Crippen molar-refractivity contribution < 1.29 is 4.42 Å². The zero-order valence-electron chi connectivity index (χ0n) is 12.0. The Morgan fingerprint density at radius 2 is 2.26 bits per heavy atom. The highest BCUT2D eigenvalue weighted by molar-refractivity contribution is 8.00. The molecule has 4 heterocycles. The van der Waals surface area contributed by atoms with Gasteiger partial charge in [-0.05, 0) is 18.4 Å². The lowest BCUT2D eigenvalue weighted by Crippen LogP contribution is -2.02. The molecule has 9 heteroatoms. The molecule has 1 N–H and O–H groups in total. The molecule has 0 saturated carbocycles. The van der Waals surface area contributed by atoms with Crippen LogP contribution in [0.5, 0.6) is 0 Å². The van der Waals surface area contributed by atoms with Crippen molar-refractivity contribution in [1.29, 1.82) is 0 Å². The Morgan fingerprint density at radius 1 is 1.30 bits per heavy atom. The molecule has 0 aliphatic rings. The number of hydrogen-bond acceptors (Lipinski definition) is 9. The van der Waals surface area contributed by atoms with Crippen LogP contribution in [0.25, 0.3) is 21.1 Å². The Balaban J connectivity index is 1.54. The van der Waals surface area contributed by atoms with Gasteiger partial charge in [0.1, 0.15) is 16.8 Å². The summed E-state index contributed by atoms with van der Waals surface area (Å²) in [5.41, 5.74) is 1.68. The molecule has 0 atom stereocenters. The molecule has 4 aromatic heterocycles. The molecule has 6 nitrogen and oxygen atoms in total. The van der Waals surface area contributed by atoms with Gasteiger partial charge in [-0.25, -0.2) is 19.9 Å². The molecular weight excluding hydrogens is 350 g/mol. The lowest BCUT2D eigenvalue weighted by atomic mass is 10.4. The number of thiazole rings is 2. The van der Waals surface area contributed by atoms with E-state index in [0.717, 1.165) is 37.0 Å². The highest BCUT2D eigenvalue weighted by atomic mass is 32.2. The summed E-state index contributed by atoms with van der Waals surface area (Å²) in [6.07, 6.45) is 5.19. The maximum atomic E-state index is 5.37. The molecule has 4 rings (SSSR count). The van der Waals surface area contributed by atoms with E-state index >= 15 is 0 Å². The standard InChI is InChI=1S/C14H11N5OS3/c1-21-14-19-12-10(23-14)11(16-7-17-12)15-5-8-6-22-13(18-8)9-3-2-4-20-9/h2-4,6-7H,5H2,1H3,(H,15,16,17). The molecule has 0 aliphatic carbocycles. The summed E-state index contributed by atoms with van der Waals surface area (Å²) in [7, 11) is 0. The third kappa shape index (κ3) is 2.94. The number of rotatable bonds is 5. The van der Waals surface area contributed by atoms with Gasteiger partial charge < -0.3 is 9.73 Å². The second kappa shape index (κ2) is 6.26. The van der Waals surface area contributed by atoms with E-state index in [4.69, 9.17) is 4.42 Å². The van der Waals surface area contributed by atoms with Gasteiger partial charge in [0.05, 0.1) is 18.5 Å². The first-order chi connectivity index (χ1) is 11.3. The summed E-state index contributed by atoms with van der Waals surface area (Å²) in [5.74, 6) is 1.58. The molecule has 23 heavy (non-hydrogen) atoms. The van der Waals surface area contributed by atoms with Crippen LogP contribution in [-0.4, -0.2) is 26.2 Å². The SMILES string of the molecule is CSc1nc2ncnc(NCc3csc(-c4ccco4)n3)c2s1. The summed E-state index contributed by atoms with van der Waals surface area (Å²) < 4.78 is 7.32. The van der Waals surface area contributed by atoms with E-state index in [1.54, 1.807) is 40.7 Å². The van der Waals surface area contributed by atoms with Crippen LogP contribution in [0, 0.1) is 0 Å². The predicted octanol–water partition coefficient (Wildman–Crippen LogP) is 4.14. The molecule has 0 bridgehead atoms. The van der Waals surface area contributed by atoms with Gasteiger partial charge in [-0.1, -0.05) is 11.8 Å². The van der Waals surface area contributed by atoms with E-state index in [2.05, 4.69) is 25.3 Å². The van der Waals surface area contributed by atoms with Crippen molar-refractivity contribution >= 4 is 50.6 Å². The Morgan fingerprint density at radius 3 is 3.09 bits per heavy atom. The van der Waals surface area contributed by atoms with E-state index in [0.29, 0.717) is 6.54 Å². The topological polar surface area (TPSA) is 76.7 Å². The number of furan rings is 1.